The number of halogens is 1. The molecular weight excluding hydrogens is 485 g/mol. The largest absolute Gasteiger partial charge is 0.348 e. The first-order valence-electron chi connectivity index (χ1n) is 12.4. The van der Waals surface area contributed by atoms with Gasteiger partial charge in [-0.25, -0.2) is 19.3 Å². The number of benzene rings is 1. The van der Waals surface area contributed by atoms with Gasteiger partial charge in [0.25, 0.3) is 5.91 Å². The molecule has 5 rings (SSSR count). The molecular formula is C27H28FN9O. The van der Waals surface area contributed by atoms with Gasteiger partial charge in [-0.1, -0.05) is 12.1 Å². The second-order valence-corrected chi connectivity index (χ2v) is 9.47. The Labute approximate surface area is 219 Å². The first-order valence-corrected chi connectivity index (χ1v) is 12.4. The zero-order chi connectivity index (χ0) is 26.8. The van der Waals surface area contributed by atoms with Gasteiger partial charge in [-0.15, -0.1) is 0 Å². The Balaban J connectivity index is 1.53. The van der Waals surface area contributed by atoms with Crippen molar-refractivity contribution in [1.82, 2.24) is 34.8 Å². The van der Waals surface area contributed by atoms with E-state index in [9.17, 15) is 9.18 Å². The Bertz CT molecular complexity index is 1530. The summed E-state index contributed by atoms with van der Waals surface area (Å²) in [6, 6.07) is 12.2. The molecule has 0 spiro atoms. The van der Waals surface area contributed by atoms with Crippen LogP contribution in [0.15, 0.2) is 42.6 Å². The van der Waals surface area contributed by atoms with Gasteiger partial charge in [-0.3, -0.25) is 4.79 Å². The normalized spacial score (nSPS) is 16.0. The Morgan fingerprint density at radius 3 is 2.68 bits per heavy atom. The predicted octanol–water partition coefficient (Wildman–Crippen LogP) is 2.69. The fourth-order valence-corrected chi connectivity index (χ4v) is 4.66. The molecule has 38 heavy (non-hydrogen) atoms. The van der Waals surface area contributed by atoms with E-state index in [-0.39, 0.29) is 24.2 Å². The van der Waals surface area contributed by atoms with Crippen LogP contribution in [0.3, 0.4) is 0 Å². The number of nitriles is 1. The number of rotatable bonds is 6. The van der Waals surface area contributed by atoms with Crippen LogP contribution in [0, 0.1) is 25.2 Å². The number of piperazine rings is 1. The van der Waals surface area contributed by atoms with E-state index in [1.807, 2.05) is 25.8 Å². The average Bonchev–Trinajstić information content (AvgIpc) is 3.35. The Hall–Kier alpha value is -4.43. The molecule has 1 aliphatic heterocycles. The van der Waals surface area contributed by atoms with Gasteiger partial charge in [0, 0.05) is 50.1 Å². The number of hydrogen-bond donors (Lipinski definition) is 1. The molecule has 0 saturated carbocycles. The topological polar surface area (TPSA) is 115 Å². The van der Waals surface area contributed by atoms with E-state index >= 15 is 0 Å². The number of carbonyl (C=O) groups excluding carboxylic acids is 1. The van der Waals surface area contributed by atoms with E-state index in [4.69, 9.17) is 10.4 Å². The minimum atomic E-state index is -0.534. The summed E-state index contributed by atoms with van der Waals surface area (Å²) in [6.45, 7) is 5.35. The summed E-state index contributed by atoms with van der Waals surface area (Å²) in [7, 11) is 1.97. The van der Waals surface area contributed by atoms with Crippen LogP contribution < -0.4 is 10.2 Å². The van der Waals surface area contributed by atoms with Gasteiger partial charge < -0.3 is 15.1 Å². The lowest BCUT2D eigenvalue weighted by Gasteiger charge is -2.40. The molecule has 0 radical (unpaired) electrons. The third-order valence-corrected chi connectivity index (χ3v) is 6.71. The Morgan fingerprint density at radius 2 is 1.97 bits per heavy atom. The molecule has 10 nitrogen and oxygen atoms in total. The van der Waals surface area contributed by atoms with Crippen molar-refractivity contribution in [3.05, 3.63) is 70.9 Å². The van der Waals surface area contributed by atoms with E-state index in [1.165, 1.54) is 0 Å². The maximum Gasteiger partial charge on any atom is 0.270 e. The average molecular weight is 514 g/mol. The van der Waals surface area contributed by atoms with Crippen LogP contribution in [0.4, 0.5) is 10.2 Å². The first-order chi connectivity index (χ1) is 18.4. The number of aryl methyl sites for hydroxylation is 2. The first kappa shape index (κ1) is 25.2. The predicted molar refractivity (Wildman–Crippen MR) is 140 cm³/mol. The minimum Gasteiger partial charge on any atom is -0.348 e. The van der Waals surface area contributed by atoms with Crippen molar-refractivity contribution in [2.24, 2.45) is 0 Å². The van der Waals surface area contributed by atoms with Crippen molar-refractivity contribution < 1.29 is 9.18 Å². The number of nitrogens with one attached hydrogen (secondary N) is 1. The number of amides is 1. The number of aromatic nitrogens is 5. The Morgan fingerprint density at radius 1 is 1.18 bits per heavy atom. The van der Waals surface area contributed by atoms with Crippen LogP contribution in [0.5, 0.6) is 0 Å². The van der Waals surface area contributed by atoms with E-state index < -0.39 is 6.67 Å². The lowest BCUT2D eigenvalue weighted by atomic mass is 10.1. The van der Waals surface area contributed by atoms with Gasteiger partial charge >= 0.3 is 0 Å². The number of anilines is 1. The van der Waals surface area contributed by atoms with E-state index in [0.29, 0.717) is 41.6 Å². The molecule has 1 fully saturated rings. The van der Waals surface area contributed by atoms with Crippen molar-refractivity contribution in [1.29, 1.82) is 5.26 Å². The molecule has 1 unspecified atom stereocenters. The number of carbonyl (C=O) groups is 1. The number of fused-ring (bicyclic) bond motifs is 1. The second kappa shape index (κ2) is 10.5. The number of hydrogen-bond acceptors (Lipinski definition) is 8. The highest BCUT2D eigenvalue weighted by Gasteiger charge is 2.29. The van der Waals surface area contributed by atoms with Gasteiger partial charge in [0.2, 0.25) is 0 Å². The highest BCUT2D eigenvalue weighted by atomic mass is 19.1. The molecule has 4 aromatic rings. The van der Waals surface area contributed by atoms with E-state index in [1.54, 1.807) is 47.1 Å². The summed E-state index contributed by atoms with van der Waals surface area (Å²) >= 11 is 0. The SMILES string of the molecule is Cc1ncc(-c2cc3nc(C(=O)NCc4ccc(C#N)cc4)cc(N4CCN(C)CC4CF)n3n2)c(C)n1. The van der Waals surface area contributed by atoms with Gasteiger partial charge in [-0.2, -0.15) is 14.9 Å². The second-order valence-electron chi connectivity index (χ2n) is 9.47. The van der Waals surface area contributed by atoms with Crippen LogP contribution in [0.2, 0.25) is 0 Å². The molecule has 1 amide bonds. The molecule has 1 aromatic carbocycles. The Kier molecular flexibility index (Phi) is 6.98. The van der Waals surface area contributed by atoms with Crippen LogP contribution in [0.25, 0.3) is 16.9 Å². The molecule has 0 aliphatic carbocycles. The smallest absolute Gasteiger partial charge is 0.270 e. The number of alkyl halides is 1. The molecule has 1 N–H and O–H groups in total. The van der Waals surface area contributed by atoms with Gasteiger partial charge in [0.15, 0.2) is 5.65 Å². The third kappa shape index (κ3) is 5.03. The van der Waals surface area contributed by atoms with Crippen LogP contribution >= 0.6 is 0 Å². The van der Waals surface area contributed by atoms with Crippen molar-refractivity contribution in [2.45, 2.75) is 26.4 Å². The summed E-state index contributed by atoms with van der Waals surface area (Å²) in [4.78, 5) is 30.6. The van der Waals surface area contributed by atoms with Gasteiger partial charge in [-0.05, 0) is 38.6 Å². The fourth-order valence-electron chi connectivity index (χ4n) is 4.66. The maximum atomic E-state index is 14.1. The standard InChI is InChI=1S/C27H28FN9O/c1-17-22(15-30-18(2)32-17)23-10-25-33-24(27(38)31-14-20-6-4-19(13-29)5-7-20)11-26(37(25)34-23)36-9-8-35(3)16-21(36)12-28/h4-7,10-11,15,21H,8-9,12,14,16H2,1-3H3,(H,31,38). The quantitative estimate of drug-likeness (QED) is 0.419. The van der Waals surface area contributed by atoms with Gasteiger partial charge in [0.05, 0.1) is 29.1 Å². The van der Waals surface area contributed by atoms with Crippen molar-refractivity contribution in [3.63, 3.8) is 0 Å². The highest BCUT2D eigenvalue weighted by molar-refractivity contribution is 5.93. The molecule has 4 heterocycles. The van der Waals surface area contributed by atoms with Crippen molar-refractivity contribution >= 4 is 17.4 Å². The molecule has 1 aliphatic rings. The monoisotopic (exact) mass is 513 g/mol. The summed E-state index contributed by atoms with van der Waals surface area (Å²) in [5.41, 5.74) is 4.26. The zero-order valence-electron chi connectivity index (χ0n) is 21.5. The summed E-state index contributed by atoms with van der Waals surface area (Å²) in [5.74, 6) is 0.908. The molecule has 1 atom stereocenters. The molecule has 11 heteroatoms. The van der Waals surface area contributed by atoms with E-state index in [0.717, 1.165) is 23.4 Å². The summed E-state index contributed by atoms with van der Waals surface area (Å²) in [6.07, 6.45) is 1.73. The highest BCUT2D eigenvalue weighted by Crippen LogP contribution is 2.27. The lowest BCUT2D eigenvalue weighted by Crippen LogP contribution is -2.53. The molecule has 1 saturated heterocycles. The molecule has 194 valence electrons. The molecule has 0 bridgehead atoms. The molecule has 3 aromatic heterocycles. The van der Waals surface area contributed by atoms with E-state index in [2.05, 4.69) is 31.2 Å². The van der Waals surface area contributed by atoms with Gasteiger partial charge in [0.1, 0.15) is 24.0 Å². The van der Waals surface area contributed by atoms with Crippen LogP contribution in [0.1, 0.15) is 33.1 Å². The summed E-state index contributed by atoms with van der Waals surface area (Å²) < 4.78 is 15.8. The number of likely N-dealkylation sites (N-methyl/N-ethyl adjacent to an activating group) is 1. The lowest BCUT2D eigenvalue weighted by molar-refractivity contribution is 0.0946. The van der Waals surface area contributed by atoms with Crippen LogP contribution in [-0.2, 0) is 6.54 Å². The summed E-state index contributed by atoms with van der Waals surface area (Å²) in [5, 5.41) is 16.7. The minimum absolute atomic E-state index is 0.209. The van der Waals surface area contributed by atoms with Crippen LogP contribution in [-0.4, -0.2) is 74.8 Å². The number of nitrogens with zero attached hydrogens (tertiary/aromatic N) is 8. The van der Waals surface area contributed by atoms with Crippen molar-refractivity contribution in [2.75, 3.05) is 38.3 Å². The fraction of sp³-hybridized carbons (Fsp3) is 0.333. The zero-order valence-corrected chi connectivity index (χ0v) is 21.5. The third-order valence-electron chi connectivity index (χ3n) is 6.71. The van der Waals surface area contributed by atoms with Crippen molar-refractivity contribution in [3.8, 4) is 17.3 Å². The maximum absolute atomic E-state index is 14.1.